The van der Waals surface area contributed by atoms with Crippen LogP contribution in [0.3, 0.4) is 0 Å². The number of carbonyl (C=O) groups is 3. The highest BCUT2D eigenvalue weighted by Gasteiger charge is 2.64. The van der Waals surface area contributed by atoms with Crippen LogP contribution in [0.25, 0.3) is 0 Å². The third kappa shape index (κ3) is 30.7. The molecule has 6 nitrogen and oxygen atoms in total. The second kappa shape index (κ2) is 12.6. The number of halogens is 7. The van der Waals surface area contributed by atoms with Crippen molar-refractivity contribution < 1.29 is 60.4 Å². The number of alkyl halides is 7. The number of carboxylic acid groups (broad SMARTS) is 3. The van der Waals surface area contributed by atoms with E-state index in [2.05, 4.69) is 0 Å². The average Bonchev–Trinajstić information content (AvgIpc) is 2.11. The van der Waals surface area contributed by atoms with E-state index in [-0.39, 0.29) is 0 Å². The van der Waals surface area contributed by atoms with Crippen molar-refractivity contribution in [3.8, 4) is 0 Å². The first-order chi connectivity index (χ1) is 9.39. The maximum absolute atomic E-state index is 11.2. The van der Waals surface area contributed by atoms with Gasteiger partial charge in [-0.1, -0.05) is 0 Å². The summed E-state index contributed by atoms with van der Waals surface area (Å²) in [5.41, 5.74) is 0. The molecule has 0 rings (SSSR count). The van der Waals surface area contributed by atoms with Crippen molar-refractivity contribution >= 4 is 17.9 Å². The molecule has 134 valence electrons. The third-order valence-electron chi connectivity index (χ3n) is 0.652. The Morgan fingerprint density at radius 2 is 0.864 bits per heavy atom. The van der Waals surface area contributed by atoms with Gasteiger partial charge in [0.05, 0.1) is 0 Å². The number of hydrogen-bond donors (Lipinski definition) is 3. The second-order valence-corrected chi connectivity index (χ2v) is 2.98. The summed E-state index contributed by atoms with van der Waals surface area (Å²) in [7, 11) is 0. The lowest BCUT2D eigenvalue weighted by molar-refractivity contribution is -0.320. The van der Waals surface area contributed by atoms with Gasteiger partial charge in [0.25, 0.3) is 17.9 Å². The van der Waals surface area contributed by atoms with Gasteiger partial charge in [0.15, 0.2) is 0 Å². The van der Waals surface area contributed by atoms with Crippen LogP contribution in [0.5, 0.6) is 0 Å². The molecule has 0 aliphatic heterocycles. The summed E-state index contributed by atoms with van der Waals surface area (Å²) < 4.78 is 76.6. The first-order valence-electron chi connectivity index (χ1n) is 4.70. The van der Waals surface area contributed by atoms with Gasteiger partial charge < -0.3 is 15.3 Å². The van der Waals surface area contributed by atoms with E-state index in [4.69, 9.17) is 29.7 Å². The Kier molecular flexibility index (Phi) is 16.2. The highest BCUT2D eigenvalue weighted by molar-refractivity contribution is 5.63. The van der Waals surface area contributed by atoms with E-state index in [1.165, 1.54) is 0 Å². The lowest BCUT2D eigenvalue weighted by Gasteiger charge is -2.17. The van der Waals surface area contributed by atoms with Gasteiger partial charge in [-0.15, -0.1) is 0 Å². The quantitative estimate of drug-likeness (QED) is 0.627. The molecule has 0 aromatic rings. The molecule has 0 unspecified atom stereocenters. The molecule has 0 aromatic heterocycles. The molecule has 0 spiro atoms. The first kappa shape index (κ1) is 28.1. The van der Waals surface area contributed by atoms with Crippen LogP contribution in [0, 0.1) is 0 Å². The molecular formula is C9H13F7O6. The topological polar surface area (TPSA) is 112 Å². The van der Waals surface area contributed by atoms with Gasteiger partial charge in [-0.3, -0.25) is 14.4 Å². The minimum absolute atomic E-state index is 0.833. The summed E-state index contributed by atoms with van der Waals surface area (Å²) in [4.78, 5) is 27.0. The van der Waals surface area contributed by atoms with Gasteiger partial charge in [0.2, 0.25) is 0 Å². The van der Waals surface area contributed by atoms with E-state index in [0.29, 0.717) is 0 Å². The highest BCUT2D eigenvalue weighted by Crippen LogP contribution is 2.39. The lowest BCUT2D eigenvalue weighted by Crippen LogP contribution is -2.42. The van der Waals surface area contributed by atoms with Gasteiger partial charge in [0, 0.05) is 20.8 Å². The van der Waals surface area contributed by atoms with Crippen molar-refractivity contribution in [3.63, 3.8) is 0 Å². The Hall–Kier alpha value is -2.08. The molecular weight excluding hydrogens is 337 g/mol. The number of rotatable bonds is 1. The molecule has 13 heteroatoms. The van der Waals surface area contributed by atoms with E-state index < -0.39 is 36.4 Å². The van der Waals surface area contributed by atoms with Crippen molar-refractivity contribution in [2.24, 2.45) is 0 Å². The van der Waals surface area contributed by atoms with Crippen molar-refractivity contribution in [3.05, 3.63) is 0 Å². The van der Waals surface area contributed by atoms with Crippen LogP contribution < -0.4 is 0 Å². The van der Waals surface area contributed by atoms with E-state index in [0.717, 1.165) is 20.8 Å². The number of carboxylic acids is 3. The molecule has 0 aromatic carbocycles. The monoisotopic (exact) mass is 350 g/mol. The van der Waals surface area contributed by atoms with Gasteiger partial charge in [0.1, 0.15) is 0 Å². The molecule has 0 atom stereocenters. The minimum atomic E-state index is -6.17. The molecule has 0 radical (unpaired) electrons. The molecule has 0 amide bonds. The largest absolute Gasteiger partial charge is 0.481 e. The molecule has 0 saturated carbocycles. The minimum Gasteiger partial charge on any atom is -0.481 e. The standard InChI is InChI=1S/C3HF7.3C2H4O2/c4-1(5)2(6,7)3(8,9)10;3*1-2(3)4/h1H;3*1H3,(H,3,4). The highest BCUT2D eigenvalue weighted by atomic mass is 19.4. The van der Waals surface area contributed by atoms with E-state index in [1.807, 2.05) is 0 Å². The molecule has 0 heterocycles. The number of hydrogen-bond acceptors (Lipinski definition) is 3. The van der Waals surface area contributed by atoms with Gasteiger partial charge in [-0.25, -0.2) is 8.78 Å². The normalized spacial score (nSPS) is 9.95. The number of aliphatic carboxylic acids is 3. The molecule has 0 saturated heterocycles. The molecule has 0 bridgehead atoms. The Morgan fingerprint density at radius 3 is 0.864 bits per heavy atom. The van der Waals surface area contributed by atoms with Gasteiger partial charge >= 0.3 is 18.5 Å². The van der Waals surface area contributed by atoms with Crippen LogP contribution in [-0.4, -0.2) is 51.8 Å². The molecule has 3 N–H and O–H groups in total. The summed E-state index contributed by atoms with van der Waals surface area (Å²) in [6.07, 6.45) is -10.9. The van der Waals surface area contributed by atoms with Crippen LogP contribution in [0.4, 0.5) is 30.7 Å². The van der Waals surface area contributed by atoms with Crippen LogP contribution in [0.15, 0.2) is 0 Å². The van der Waals surface area contributed by atoms with Crippen molar-refractivity contribution in [1.29, 1.82) is 0 Å². The molecule has 0 aliphatic carbocycles. The van der Waals surface area contributed by atoms with E-state index >= 15 is 0 Å². The fourth-order valence-corrected chi connectivity index (χ4v) is 0.124. The summed E-state index contributed by atoms with van der Waals surface area (Å²) in [5.74, 6) is -8.40. The van der Waals surface area contributed by atoms with E-state index in [9.17, 15) is 30.7 Å². The third-order valence-corrected chi connectivity index (χ3v) is 0.652. The van der Waals surface area contributed by atoms with Crippen molar-refractivity contribution in [1.82, 2.24) is 0 Å². The zero-order valence-electron chi connectivity index (χ0n) is 11.3. The smallest absolute Gasteiger partial charge is 0.459 e. The van der Waals surface area contributed by atoms with Crippen LogP contribution in [0.1, 0.15) is 20.8 Å². The van der Waals surface area contributed by atoms with Gasteiger partial charge in [-0.05, 0) is 0 Å². The predicted octanol–water partition coefficient (Wildman–Crippen LogP) is 2.72. The SMILES string of the molecule is CC(=O)O.CC(=O)O.CC(=O)O.FC(F)C(F)(F)C(F)(F)F. The fourth-order valence-electron chi connectivity index (χ4n) is 0.124. The maximum atomic E-state index is 11.2. The van der Waals surface area contributed by atoms with Crippen LogP contribution >= 0.6 is 0 Å². The predicted molar refractivity (Wildman–Crippen MR) is 56.9 cm³/mol. The maximum Gasteiger partial charge on any atom is 0.459 e. The Labute approximate surface area is 119 Å². The lowest BCUT2D eigenvalue weighted by atomic mass is 10.3. The zero-order chi connectivity index (χ0) is 19.3. The van der Waals surface area contributed by atoms with Crippen LogP contribution in [0.2, 0.25) is 0 Å². The van der Waals surface area contributed by atoms with Crippen LogP contribution in [-0.2, 0) is 14.4 Å². The first-order valence-corrected chi connectivity index (χ1v) is 4.70. The molecule has 0 aliphatic rings. The van der Waals surface area contributed by atoms with Gasteiger partial charge in [-0.2, -0.15) is 22.0 Å². The van der Waals surface area contributed by atoms with E-state index in [1.54, 1.807) is 0 Å². The molecule has 22 heavy (non-hydrogen) atoms. The Bertz CT molecular complexity index is 299. The Balaban J connectivity index is -0.000000112. The summed E-state index contributed by atoms with van der Waals surface area (Å²) in [6, 6.07) is 0. The average molecular weight is 350 g/mol. The fraction of sp³-hybridized carbons (Fsp3) is 0.667. The Morgan fingerprint density at radius 1 is 0.727 bits per heavy atom. The second-order valence-electron chi connectivity index (χ2n) is 2.98. The summed E-state index contributed by atoms with van der Waals surface area (Å²) in [5, 5.41) is 22.2. The van der Waals surface area contributed by atoms with Crippen molar-refractivity contribution in [2.45, 2.75) is 39.3 Å². The van der Waals surface area contributed by atoms with Crippen molar-refractivity contribution in [2.75, 3.05) is 0 Å². The molecule has 0 fully saturated rings. The summed E-state index contributed by atoms with van der Waals surface area (Å²) in [6.45, 7) is 3.25. The summed E-state index contributed by atoms with van der Waals surface area (Å²) >= 11 is 0. The zero-order valence-corrected chi connectivity index (χ0v) is 11.3.